The molecule has 0 saturated carbocycles. The molecule has 5 aromatic rings. The molecular weight excluding hydrogens is 586 g/mol. The van der Waals surface area contributed by atoms with Crippen LogP contribution >= 0.6 is 0 Å². The molecule has 0 radical (unpaired) electrons. The van der Waals surface area contributed by atoms with Gasteiger partial charge in [-0.05, 0) is 77.6 Å². The highest BCUT2D eigenvalue weighted by Crippen LogP contribution is 2.37. The Kier molecular flexibility index (Phi) is 9.47. The zero-order valence-electron chi connectivity index (χ0n) is 26.8. The van der Waals surface area contributed by atoms with Gasteiger partial charge in [0, 0.05) is 43.9 Å². The number of benzene rings is 4. The van der Waals surface area contributed by atoms with E-state index in [1.807, 2.05) is 60.7 Å². The predicted molar refractivity (Wildman–Crippen MR) is 186 cm³/mol. The topological polar surface area (TPSA) is 71.2 Å². The average molecular weight is 628 g/mol. The molecule has 1 N–H and O–H groups in total. The molecule has 1 atom stereocenters. The number of aryl methyl sites for hydroxylation is 2. The summed E-state index contributed by atoms with van der Waals surface area (Å²) in [6.45, 7) is 4.53. The Labute approximate surface area is 276 Å². The van der Waals surface area contributed by atoms with E-state index in [-0.39, 0.29) is 12.6 Å². The monoisotopic (exact) mass is 627 g/mol. The first-order chi connectivity index (χ1) is 23.1. The highest BCUT2D eigenvalue weighted by molar-refractivity contribution is 5.71. The zero-order valence-corrected chi connectivity index (χ0v) is 26.8. The average Bonchev–Trinajstić information content (AvgIpc) is 3.53. The molecule has 2 heterocycles. The summed E-state index contributed by atoms with van der Waals surface area (Å²) in [6.07, 6.45) is 7.07. The summed E-state index contributed by atoms with van der Waals surface area (Å²) in [7, 11) is 1.64. The van der Waals surface area contributed by atoms with Crippen molar-refractivity contribution >= 4 is 12.2 Å². The Morgan fingerprint density at radius 1 is 0.830 bits per heavy atom. The van der Waals surface area contributed by atoms with Gasteiger partial charge in [0.2, 0.25) is 5.89 Å². The van der Waals surface area contributed by atoms with Crippen LogP contribution in [0.4, 0.5) is 0 Å². The van der Waals surface area contributed by atoms with E-state index in [1.165, 1.54) is 22.3 Å². The van der Waals surface area contributed by atoms with Crippen LogP contribution in [0.15, 0.2) is 108 Å². The Hall–Kier alpha value is -4.69. The van der Waals surface area contributed by atoms with E-state index in [0.717, 1.165) is 61.6 Å². The number of fused-ring (bicyclic) bond motifs is 2. The van der Waals surface area contributed by atoms with Crippen molar-refractivity contribution in [2.75, 3.05) is 46.4 Å². The van der Waals surface area contributed by atoms with Gasteiger partial charge < -0.3 is 19.0 Å². The van der Waals surface area contributed by atoms with Gasteiger partial charge >= 0.3 is 0 Å². The number of aromatic nitrogens is 1. The first-order valence-corrected chi connectivity index (χ1v) is 16.4. The molecule has 240 valence electrons. The van der Waals surface area contributed by atoms with Crippen LogP contribution in [0, 0.1) is 0 Å². The molecule has 1 aliphatic carbocycles. The van der Waals surface area contributed by atoms with Gasteiger partial charge in [0.05, 0.1) is 13.2 Å². The second-order valence-corrected chi connectivity index (χ2v) is 12.3. The fraction of sp³-hybridized carbons (Fsp3) is 0.275. The van der Waals surface area contributed by atoms with Crippen molar-refractivity contribution in [1.82, 2.24) is 14.8 Å². The van der Waals surface area contributed by atoms with Crippen LogP contribution in [0.25, 0.3) is 23.6 Å². The number of methoxy groups -OCH3 is 1. The molecule has 1 aromatic heterocycles. The molecule has 7 heteroatoms. The quantitative estimate of drug-likeness (QED) is 0.183. The van der Waals surface area contributed by atoms with Crippen molar-refractivity contribution in [1.29, 1.82) is 0 Å². The van der Waals surface area contributed by atoms with Crippen LogP contribution in [0.2, 0.25) is 0 Å². The Balaban J connectivity index is 0.938. The van der Waals surface area contributed by atoms with Gasteiger partial charge in [-0.3, -0.25) is 9.80 Å². The molecule has 0 bridgehead atoms. The Bertz CT molecular complexity index is 1760. The van der Waals surface area contributed by atoms with Gasteiger partial charge in [0.25, 0.3) is 0 Å². The first-order valence-electron chi connectivity index (χ1n) is 16.4. The zero-order chi connectivity index (χ0) is 32.0. The minimum absolute atomic E-state index is 0.222. The van der Waals surface area contributed by atoms with Crippen LogP contribution < -0.4 is 9.47 Å². The van der Waals surface area contributed by atoms with Gasteiger partial charge in [-0.25, -0.2) is 4.98 Å². The number of β-amino-alcohol motifs (C(OH)–C–C–N with tert-alkyl or cyclic N) is 1. The van der Waals surface area contributed by atoms with Gasteiger partial charge in [-0.15, -0.1) is 0 Å². The largest absolute Gasteiger partial charge is 0.497 e. The molecule has 4 aromatic carbocycles. The van der Waals surface area contributed by atoms with E-state index in [1.54, 1.807) is 13.4 Å². The van der Waals surface area contributed by atoms with E-state index >= 15 is 0 Å². The molecule has 0 spiro atoms. The number of hydrogen-bond acceptors (Lipinski definition) is 7. The summed E-state index contributed by atoms with van der Waals surface area (Å²) < 4.78 is 17.1. The van der Waals surface area contributed by atoms with Gasteiger partial charge in [0.1, 0.15) is 36.2 Å². The first kappa shape index (κ1) is 30.9. The van der Waals surface area contributed by atoms with Crippen molar-refractivity contribution < 1.29 is 19.0 Å². The van der Waals surface area contributed by atoms with Gasteiger partial charge in [0.15, 0.2) is 0 Å². The van der Waals surface area contributed by atoms with E-state index in [0.29, 0.717) is 18.1 Å². The minimum Gasteiger partial charge on any atom is -0.497 e. The lowest BCUT2D eigenvalue weighted by Gasteiger charge is -2.40. The lowest BCUT2D eigenvalue weighted by Crippen LogP contribution is -2.50. The minimum atomic E-state index is -0.597. The van der Waals surface area contributed by atoms with Crippen molar-refractivity contribution in [2.24, 2.45) is 0 Å². The van der Waals surface area contributed by atoms with Crippen LogP contribution in [-0.4, -0.2) is 72.4 Å². The van der Waals surface area contributed by atoms with Gasteiger partial charge in [-0.2, -0.15) is 0 Å². The molecule has 7 rings (SSSR count). The maximum absolute atomic E-state index is 11.0. The second kappa shape index (κ2) is 14.4. The maximum Gasteiger partial charge on any atom is 0.226 e. The second-order valence-electron chi connectivity index (χ2n) is 12.3. The lowest BCUT2D eigenvalue weighted by atomic mass is 9.92. The molecule has 1 aliphatic heterocycles. The molecular formula is C40H41N3O4. The molecule has 7 nitrogen and oxygen atoms in total. The standard InChI is InChI=1S/C40H41N3O4/c1-45-35-20-17-32(18-21-35)40-41-33(27-47-40)19-16-31-10-4-7-13-38(31)46-28-34(44)26-42-22-24-43(25-23-42)39-36-11-5-2-8-29(36)14-15-30-9-3-6-12-37(30)39/h2-13,16-21,27,34,39,44H,14-15,22-26,28H2,1H3/b19-16+. The molecule has 1 unspecified atom stereocenters. The number of rotatable bonds is 10. The third kappa shape index (κ3) is 7.18. The van der Waals surface area contributed by atoms with Crippen LogP contribution in [-0.2, 0) is 12.8 Å². The van der Waals surface area contributed by atoms with Crippen molar-refractivity contribution in [3.05, 3.63) is 137 Å². The summed E-state index contributed by atoms with van der Waals surface area (Å²) in [6, 6.07) is 33.6. The number of aliphatic hydroxyl groups excluding tert-OH is 1. The molecule has 0 amide bonds. The summed E-state index contributed by atoms with van der Waals surface area (Å²) in [5.41, 5.74) is 8.29. The number of oxazole rings is 1. The van der Waals surface area contributed by atoms with Crippen molar-refractivity contribution in [2.45, 2.75) is 25.0 Å². The van der Waals surface area contributed by atoms with Crippen LogP contribution in [0.1, 0.15) is 39.6 Å². The fourth-order valence-corrected chi connectivity index (χ4v) is 6.78. The van der Waals surface area contributed by atoms with E-state index in [9.17, 15) is 5.11 Å². The molecule has 47 heavy (non-hydrogen) atoms. The SMILES string of the molecule is COc1ccc(-c2nc(/C=C/c3ccccc3OCC(O)CN3CCN(C4c5ccccc5CCc5ccccc54)CC3)co2)cc1. The van der Waals surface area contributed by atoms with E-state index < -0.39 is 6.10 Å². The summed E-state index contributed by atoms with van der Waals surface area (Å²) in [4.78, 5) is 9.58. The van der Waals surface area contributed by atoms with Gasteiger partial charge in [-0.1, -0.05) is 66.7 Å². The van der Waals surface area contributed by atoms with Crippen molar-refractivity contribution in [3.8, 4) is 23.0 Å². The smallest absolute Gasteiger partial charge is 0.226 e. The molecule has 1 saturated heterocycles. The summed E-state index contributed by atoms with van der Waals surface area (Å²) >= 11 is 0. The maximum atomic E-state index is 11.0. The predicted octanol–water partition coefficient (Wildman–Crippen LogP) is 6.77. The molecule has 2 aliphatic rings. The number of hydrogen-bond donors (Lipinski definition) is 1. The summed E-state index contributed by atoms with van der Waals surface area (Å²) in [5.74, 6) is 2.05. The summed E-state index contributed by atoms with van der Waals surface area (Å²) in [5, 5.41) is 11.0. The number of ether oxygens (including phenoxy) is 2. The molecule has 1 fully saturated rings. The highest BCUT2D eigenvalue weighted by Gasteiger charge is 2.31. The fourth-order valence-electron chi connectivity index (χ4n) is 6.78. The third-order valence-corrected chi connectivity index (χ3v) is 9.25. The number of piperazine rings is 1. The van der Waals surface area contributed by atoms with E-state index in [4.69, 9.17) is 13.9 Å². The Morgan fingerprint density at radius 2 is 1.49 bits per heavy atom. The lowest BCUT2D eigenvalue weighted by molar-refractivity contribution is 0.0400. The number of nitrogens with zero attached hydrogens (tertiary/aromatic N) is 3. The van der Waals surface area contributed by atoms with Crippen molar-refractivity contribution in [3.63, 3.8) is 0 Å². The normalized spacial score (nSPS) is 16.4. The van der Waals surface area contributed by atoms with E-state index in [2.05, 4.69) is 63.3 Å². The van der Waals surface area contributed by atoms with Crippen LogP contribution in [0.5, 0.6) is 11.5 Å². The number of para-hydroxylation sites is 1. The third-order valence-electron chi connectivity index (χ3n) is 9.25. The Morgan fingerprint density at radius 3 is 2.19 bits per heavy atom. The highest BCUT2D eigenvalue weighted by atomic mass is 16.5. The number of aliphatic hydroxyl groups is 1. The van der Waals surface area contributed by atoms with Crippen LogP contribution in [0.3, 0.4) is 0 Å².